The Labute approximate surface area is 116 Å². The molecule has 0 nitrogen and oxygen atoms in total. The van der Waals surface area contributed by atoms with E-state index in [1.165, 1.54) is 89.9 Å². The molecule has 0 fully saturated rings. The van der Waals surface area contributed by atoms with Gasteiger partial charge in [0.15, 0.2) is 0 Å². The van der Waals surface area contributed by atoms with E-state index >= 15 is 0 Å². The largest absolute Gasteiger partial charge is 0.147 e. The lowest BCUT2D eigenvalue weighted by molar-refractivity contribution is 0.538. The number of rotatable bonds is 13. The van der Waals surface area contributed by atoms with E-state index in [4.69, 9.17) is 0 Å². The summed E-state index contributed by atoms with van der Waals surface area (Å²) in [7, 11) is 0. The Morgan fingerprint density at radius 3 is 0.706 bits per heavy atom. The third kappa shape index (κ3) is 18.8. The van der Waals surface area contributed by atoms with Crippen LogP contribution in [0.3, 0.4) is 0 Å². The molecule has 1 heteroatoms. The smallest absolute Gasteiger partial charge is 0.0533 e. The summed E-state index contributed by atoms with van der Waals surface area (Å²) in [5.41, 5.74) is 0. The summed E-state index contributed by atoms with van der Waals surface area (Å²) in [6.07, 6.45) is 20.4. The molecule has 0 aromatic carbocycles. The van der Waals surface area contributed by atoms with Crippen molar-refractivity contribution < 1.29 is 0 Å². The van der Waals surface area contributed by atoms with Crippen LogP contribution in [-0.2, 0) is 0 Å². The van der Waals surface area contributed by atoms with Gasteiger partial charge in [-0.3, -0.25) is 0 Å². The molecular formula is C16H35Cl. The molecule has 0 bridgehead atoms. The average Bonchev–Trinajstić information content (AvgIpc) is 2.31. The minimum absolute atomic E-state index is 0. The maximum Gasteiger partial charge on any atom is -0.0533 e. The van der Waals surface area contributed by atoms with Gasteiger partial charge in [0.05, 0.1) is 0 Å². The van der Waals surface area contributed by atoms with E-state index in [1.54, 1.807) is 0 Å². The zero-order chi connectivity index (χ0) is 11.9. The minimum Gasteiger partial charge on any atom is -0.147 e. The summed E-state index contributed by atoms with van der Waals surface area (Å²) in [6, 6.07) is 0. The summed E-state index contributed by atoms with van der Waals surface area (Å²) < 4.78 is 0. The van der Waals surface area contributed by atoms with Gasteiger partial charge in [-0.15, -0.1) is 12.4 Å². The fourth-order valence-corrected chi connectivity index (χ4v) is 2.27. The molecule has 0 saturated carbocycles. The lowest BCUT2D eigenvalue weighted by Gasteiger charge is -2.02. The fourth-order valence-electron chi connectivity index (χ4n) is 2.27. The van der Waals surface area contributed by atoms with Crippen molar-refractivity contribution >= 4 is 12.4 Å². The highest BCUT2D eigenvalue weighted by Crippen LogP contribution is 2.12. The molecule has 0 heterocycles. The molecule has 17 heavy (non-hydrogen) atoms. The summed E-state index contributed by atoms with van der Waals surface area (Å²) in [6.45, 7) is 4.58. The normalized spacial score (nSPS) is 10.2. The molecule has 0 unspecified atom stereocenters. The molecule has 0 atom stereocenters. The summed E-state index contributed by atoms with van der Waals surface area (Å²) in [5.74, 6) is 0. The van der Waals surface area contributed by atoms with Crippen molar-refractivity contribution in [1.82, 2.24) is 0 Å². The van der Waals surface area contributed by atoms with E-state index < -0.39 is 0 Å². The molecule has 0 N–H and O–H groups in total. The van der Waals surface area contributed by atoms with Gasteiger partial charge in [-0.1, -0.05) is 104 Å². The van der Waals surface area contributed by atoms with E-state index in [1.807, 2.05) is 0 Å². The van der Waals surface area contributed by atoms with Gasteiger partial charge in [0, 0.05) is 0 Å². The number of hydrogen-bond acceptors (Lipinski definition) is 0. The SMILES string of the molecule is CCCCCCCCCCCCCCCC.Cl. The first-order chi connectivity index (χ1) is 7.91. The van der Waals surface area contributed by atoms with E-state index in [2.05, 4.69) is 13.8 Å². The molecule has 0 saturated heterocycles. The van der Waals surface area contributed by atoms with Crippen molar-refractivity contribution in [2.75, 3.05) is 0 Å². The summed E-state index contributed by atoms with van der Waals surface area (Å²) in [4.78, 5) is 0. The maximum atomic E-state index is 2.29. The maximum absolute atomic E-state index is 2.29. The average molecular weight is 263 g/mol. The predicted octanol–water partition coefficient (Wildman–Crippen LogP) is 6.91. The molecule has 0 aliphatic carbocycles. The van der Waals surface area contributed by atoms with Crippen LogP contribution < -0.4 is 0 Å². The van der Waals surface area contributed by atoms with Gasteiger partial charge in [-0.25, -0.2) is 0 Å². The standard InChI is InChI=1S/C16H34.ClH/c1-3-5-7-9-11-13-15-16-14-12-10-8-6-4-2;/h3-16H2,1-2H3;1H. The van der Waals surface area contributed by atoms with Crippen LogP contribution in [0.5, 0.6) is 0 Å². The monoisotopic (exact) mass is 262 g/mol. The summed E-state index contributed by atoms with van der Waals surface area (Å²) in [5, 5.41) is 0. The number of unbranched alkanes of at least 4 members (excludes halogenated alkanes) is 13. The van der Waals surface area contributed by atoms with Gasteiger partial charge in [0.1, 0.15) is 0 Å². The van der Waals surface area contributed by atoms with E-state index in [0.29, 0.717) is 0 Å². The van der Waals surface area contributed by atoms with Gasteiger partial charge < -0.3 is 0 Å². The van der Waals surface area contributed by atoms with E-state index in [-0.39, 0.29) is 12.4 Å². The second-order valence-electron chi connectivity index (χ2n) is 5.24. The molecule has 0 aliphatic rings. The highest BCUT2D eigenvalue weighted by atomic mass is 35.5. The molecule has 0 aromatic rings. The van der Waals surface area contributed by atoms with Crippen molar-refractivity contribution in [2.24, 2.45) is 0 Å². The second-order valence-corrected chi connectivity index (χ2v) is 5.24. The number of hydrogen-bond donors (Lipinski definition) is 0. The lowest BCUT2D eigenvalue weighted by atomic mass is 10.0. The third-order valence-corrected chi connectivity index (χ3v) is 3.46. The van der Waals surface area contributed by atoms with Crippen molar-refractivity contribution in [3.8, 4) is 0 Å². The molecule has 0 aromatic heterocycles. The quantitative estimate of drug-likeness (QED) is 0.316. The van der Waals surface area contributed by atoms with E-state index in [0.717, 1.165) is 0 Å². The van der Waals surface area contributed by atoms with Crippen molar-refractivity contribution in [2.45, 2.75) is 104 Å². The van der Waals surface area contributed by atoms with Crippen LogP contribution in [0.1, 0.15) is 104 Å². The van der Waals surface area contributed by atoms with Crippen LogP contribution in [0.4, 0.5) is 0 Å². The van der Waals surface area contributed by atoms with Gasteiger partial charge in [-0.05, 0) is 0 Å². The van der Waals surface area contributed by atoms with Crippen LogP contribution in [0.25, 0.3) is 0 Å². The van der Waals surface area contributed by atoms with Crippen molar-refractivity contribution in [1.29, 1.82) is 0 Å². The highest BCUT2D eigenvalue weighted by Gasteiger charge is 1.92. The Balaban J connectivity index is 0. The van der Waals surface area contributed by atoms with Gasteiger partial charge in [0.25, 0.3) is 0 Å². The van der Waals surface area contributed by atoms with Gasteiger partial charge in [-0.2, -0.15) is 0 Å². The minimum atomic E-state index is 0. The first-order valence-corrected chi connectivity index (χ1v) is 7.91. The highest BCUT2D eigenvalue weighted by molar-refractivity contribution is 5.85. The molecule has 0 rings (SSSR count). The molecule has 0 amide bonds. The van der Waals surface area contributed by atoms with Crippen LogP contribution in [0, 0.1) is 0 Å². The van der Waals surface area contributed by atoms with Gasteiger partial charge >= 0.3 is 0 Å². The number of halogens is 1. The first kappa shape index (κ1) is 19.6. The fraction of sp³-hybridized carbons (Fsp3) is 1.00. The molecular weight excluding hydrogens is 228 g/mol. The molecule has 106 valence electrons. The van der Waals surface area contributed by atoms with Crippen LogP contribution in [-0.4, -0.2) is 0 Å². The molecule has 0 aliphatic heterocycles. The molecule has 0 spiro atoms. The van der Waals surface area contributed by atoms with E-state index in [9.17, 15) is 0 Å². The molecule has 0 radical (unpaired) electrons. The zero-order valence-corrected chi connectivity index (χ0v) is 13.1. The van der Waals surface area contributed by atoms with Crippen LogP contribution >= 0.6 is 12.4 Å². The Hall–Kier alpha value is 0.290. The second kappa shape index (κ2) is 18.6. The topological polar surface area (TPSA) is 0 Å². The van der Waals surface area contributed by atoms with Gasteiger partial charge in [0.2, 0.25) is 0 Å². The van der Waals surface area contributed by atoms with Crippen molar-refractivity contribution in [3.05, 3.63) is 0 Å². The zero-order valence-electron chi connectivity index (χ0n) is 12.3. The first-order valence-electron chi connectivity index (χ1n) is 7.91. The van der Waals surface area contributed by atoms with Crippen molar-refractivity contribution in [3.63, 3.8) is 0 Å². The third-order valence-electron chi connectivity index (χ3n) is 3.46. The van der Waals surface area contributed by atoms with Crippen LogP contribution in [0.15, 0.2) is 0 Å². The Morgan fingerprint density at radius 1 is 0.353 bits per heavy atom. The predicted molar refractivity (Wildman–Crippen MR) is 83.2 cm³/mol. The Bertz CT molecular complexity index is 98.1. The summed E-state index contributed by atoms with van der Waals surface area (Å²) >= 11 is 0. The lowest BCUT2D eigenvalue weighted by Crippen LogP contribution is -1.82. The van der Waals surface area contributed by atoms with Crippen LogP contribution in [0.2, 0.25) is 0 Å². The Kier molecular flexibility index (Phi) is 21.5. The Morgan fingerprint density at radius 2 is 0.529 bits per heavy atom.